The molecule has 15 heteroatoms. The standard InChI is InChI=1S/C46H60ClN5O9/c1-11-12-15-33-28-34(23-26-37(33)59-44(58)61-46(6,7)8)38(41(55)50-29(2)39(53)48-9)52(10)42(56)36(16-13-14-27-49-43(57)60-45(3,4)5)51-40(54)32-19-17-30(18-20-32)31-21-24-35(47)25-22-31/h12,15,17-26,28-29,36,38H,11,13-14,16,27H2,1-10H3,(H,48,53)(H,49,57)(H,50,55)(H,51,54)/b15-12+/t29-,36-,38-/m0/s1. The van der Waals surface area contributed by atoms with Gasteiger partial charge >= 0.3 is 12.2 Å². The van der Waals surface area contributed by atoms with Gasteiger partial charge in [-0.25, -0.2) is 9.59 Å². The fourth-order valence-electron chi connectivity index (χ4n) is 6.00. The van der Waals surface area contributed by atoms with Crippen LogP contribution < -0.4 is 26.0 Å². The van der Waals surface area contributed by atoms with Crippen molar-refractivity contribution < 1.29 is 43.0 Å². The minimum atomic E-state index is -1.32. The summed E-state index contributed by atoms with van der Waals surface area (Å²) in [4.78, 5) is 81.3. The highest BCUT2D eigenvalue weighted by molar-refractivity contribution is 6.30. The Kier molecular flexibility index (Phi) is 18.4. The second-order valence-electron chi connectivity index (χ2n) is 16.4. The number of carbonyl (C=O) groups is 6. The number of hydrogen-bond donors (Lipinski definition) is 4. The molecule has 3 aromatic carbocycles. The zero-order chi connectivity index (χ0) is 45.5. The van der Waals surface area contributed by atoms with Crippen molar-refractivity contribution in [2.75, 3.05) is 20.6 Å². The number of nitrogens with one attached hydrogen (secondary N) is 4. The number of nitrogens with zero attached hydrogens (tertiary/aromatic N) is 1. The van der Waals surface area contributed by atoms with Gasteiger partial charge in [0.1, 0.15) is 35.1 Å². The lowest BCUT2D eigenvalue weighted by atomic mass is 9.98. The molecule has 3 atom stereocenters. The van der Waals surface area contributed by atoms with Crippen LogP contribution >= 0.6 is 11.6 Å². The Labute approximate surface area is 364 Å². The number of unbranched alkanes of at least 4 members (excludes halogenated alkanes) is 1. The fraction of sp³-hybridized carbons (Fsp3) is 0.435. The molecule has 0 heterocycles. The minimum absolute atomic E-state index is 0.143. The van der Waals surface area contributed by atoms with Crippen LogP contribution in [0.1, 0.15) is 109 Å². The van der Waals surface area contributed by atoms with E-state index in [9.17, 15) is 28.8 Å². The molecule has 3 aromatic rings. The molecule has 0 aliphatic carbocycles. The van der Waals surface area contributed by atoms with Crippen LogP contribution in [0.25, 0.3) is 17.2 Å². The molecule has 0 fully saturated rings. The van der Waals surface area contributed by atoms with Crippen molar-refractivity contribution in [2.45, 2.75) is 110 Å². The van der Waals surface area contributed by atoms with Gasteiger partial charge in [0.05, 0.1) is 0 Å². The van der Waals surface area contributed by atoms with E-state index in [-0.39, 0.29) is 18.7 Å². The van der Waals surface area contributed by atoms with E-state index in [1.165, 1.54) is 32.0 Å². The molecule has 4 N–H and O–H groups in total. The normalized spacial score (nSPS) is 13.0. The molecule has 0 bridgehead atoms. The number of likely N-dealkylation sites (N-methyl/N-ethyl adjacent to an activating group) is 2. The van der Waals surface area contributed by atoms with E-state index in [4.69, 9.17) is 25.8 Å². The minimum Gasteiger partial charge on any atom is -0.444 e. The number of halogens is 1. The molecular formula is C46H60ClN5O9. The third kappa shape index (κ3) is 16.2. The van der Waals surface area contributed by atoms with Gasteiger partial charge in [-0.3, -0.25) is 19.2 Å². The summed E-state index contributed by atoms with van der Waals surface area (Å²) in [6.07, 6.45) is 3.67. The fourth-order valence-corrected chi connectivity index (χ4v) is 6.12. The molecule has 0 spiro atoms. The van der Waals surface area contributed by atoms with Crippen LogP contribution in [0.3, 0.4) is 0 Å². The molecule has 0 unspecified atom stereocenters. The van der Waals surface area contributed by atoms with Crippen molar-refractivity contribution in [3.8, 4) is 16.9 Å². The van der Waals surface area contributed by atoms with Crippen molar-refractivity contribution in [3.63, 3.8) is 0 Å². The smallest absolute Gasteiger partial charge is 0.444 e. The predicted molar refractivity (Wildman–Crippen MR) is 236 cm³/mol. The van der Waals surface area contributed by atoms with Gasteiger partial charge < -0.3 is 40.4 Å². The average molecular weight is 862 g/mol. The van der Waals surface area contributed by atoms with Crippen molar-refractivity contribution in [1.29, 1.82) is 0 Å². The quantitative estimate of drug-likeness (QED) is 0.0594. The first-order chi connectivity index (χ1) is 28.6. The van der Waals surface area contributed by atoms with Gasteiger partial charge in [-0.15, -0.1) is 0 Å². The highest BCUT2D eigenvalue weighted by Gasteiger charge is 2.35. The predicted octanol–water partition coefficient (Wildman–Crippen LogP) is 7.99. The lowest BCUT2D eigenvalue weighted by Crippen LogP contribution is -2.53. The summed E-state index contributed by atoms with van der Waals surface area (Å²) in [5.41, 5.74) is 1.31. The average Bonchev–Trinajstić information content (AvgIpc) is 3.18. The van der Waals surface area contributed by atoms with Crippen molar-refractivity contribution >= 4 is 53.6 Å². The lowest BCUT2D eigenvalue weighted by molar-refractivity contribution is -0.141. The molecule has 3 rings (SSSR count). The van der Waals surface area contributed by atoms with E-state index < -0.39 is 65.2 Å². The van der Waals surface area contributed by atoms with Crippen molar-refractivity contribution in [2.24, 2.45) is 0 Å². The highest BCUT2D eigenvalue weighted by Crippen LogP contribution is 2.30. The molecule has 0 aromatic heterocycles. The summed E-state index contributed by atoms with van der Waals surface area (Å²) in [7, 11) is 2.88. The number of allylic oxidation sites excluding steroid dienone is 1. The van der Waals surface area contributed by atoms with Gasteiger partial charge in [-0.05, 0) is 127 Å². The molecule has 5 amide bonds. The number of carbonyl (C=O) groups excluding carboxylic acids is 6. The van der Waals surface area contributed by atoms with Gasteiger partial charge in [0.25, 0.3) is 5.91 Å². The summed E-state index contributed by atoms with van der Waals surface area (Å²) in [5.74, 6) is -2.10. The van der Waals surface area contributed by atoms with Crippen LogP contribution in [0.5, 0.6) is 5.75 Å². The van der Waals surface area contributed by atoms with E-state index in [1.54, 1.807) is 96.1 Å². The Morgan fingerprint density at radius 1 is 0.803 bits per heavy atom. The molecule has 0 aliphatic rings. The van der Waals surface area contributed by atoms with Crippen LogP contribution in [-0.2, 0) is 23.9 Å². The summed E-state index contributed by atoms with van der Waals surface area (Å²) in [6.45, 7) is 14.1. The van der Waals surface area contributed by atoms with Gasteiger partial charge in [-0.2, -0.15) is 0 Å². The van der Waals surface area contributed by atoms with Crippen LogP contribution in [0.2, 0.25) is 5.02 Å². The van der Waals surface area contributed by atoms with Gasteiger partial charge in [-0.1, -0.05) is 61.0 Å². The molecule has 61 heavy (non-hydrogen) atoms. The summed E-state index contributed by atoms with van der Waals surface area (Å²) in [5, 5.41) is 11.4. The number of alkyl carbamates (subject to hydrolysis) is 1. The SMILES string of the molecule is CC/C=C/c1cc([C@@H](C(=O)N[C@@H](C)C(=O)NC)N(C)C(=O)[C@H](CCCCNC(=O)OC(C)(C)C)NC(=O)c2ccc(-c3ccc(Cl)cc3)cc2)ccc1OC(=O)OC(C)(C)C. The highest BCUT2D eigenvalue weighted by atomic mass is 35.5. The maximum Gasteiger partial charge on any atom is 0.514 e. The first kappa shape index (κ1) is 49.5. The summed E-state index contributed by atoms with van der Waals surface area (Å²) < 4.78 is 16.2. The molecule has 0 radical (unpaired) electrons. The Balaban J connectivity index is 2.01. The van der Waals surface area contributed by atoms with Gasteiger partial charge in [0.15, 0.2) is 0 Å². The third-order valence-corrected chi connectivity index (χ3v) is 9.22. The van der Waals surface area contributed by atoms with Gasteiger partial charge in [0, 0.05) is 36.8 Å². The number of hydrogen-bond acceptors (Lipinski definition) is 9. The van der Waals surface area contributed by atoms with E-state index in [2.05, 4.69) is 21.3 Å². The Hall–Kier alpha value is -5.89. The third-order valence-electron chi connectivity index (χ3n) is 8.96. The first-order valence-corrected chi connectivity index (χ1v) is 20.6. The van der Waals surface area contributed by atoms with E-state index in [1.807, 2.05) is 25.1 Å². The van der Waals surface area contributed by atoms with Crippen LogP contribution in [0.4, 0.5) is 9.59 Å². The zero-order valence-corrected chi connectivity index (χ0v) is 37.5. The van der Waals surface area contributed by atoms with Crippen LogP contribution in [-0.4, -0.2) is 84.7 Å². The summed E-state index contributed by atoms with van der Waals surface area (Å²) >= 11 is 6.06. The van der Waals surface area contributed by atoms with E-state index in [0.717, 1.165) is 11.1 Å². The number of amides is 5. The number of benzene rings is 3. The summed E-state index contributed by atoms with van der Waals surface area (Å²) in [6, 6.07) is 15.4. The maximum absolute atomic E-state index is 14.7. The first-order valence-electron chi connectivity index (χ1n) is 20.3. The Morgan fingerprint density at radius 2 is 1.41 bits per heavy atom. The van der Waals surface area contributed by atoms with Crippen molar-refractivity contribution in [1.82, 2.24) is 26.2 Å². The maximum atomic E-state index is 14.7. The molecule has 0 aliphatic heterocycles. The van der Waals surface area contributed by atoms with E-state index in [0.29, 0.717) is 41.0 Å². The van der Waals surface area contributed by atoms with E-state index >= 15 is 0 Å². The Morgan fingerprint density at radius 3 is 1.98 bits per heavy atom. The molecule has 0 saturated heterocycles. The zero-order valence-electron chi connectivity index (χ0n) is 36.8. The van der Waals surface area contributed by atoms with Crippen molar-refractivity contribution in [3.05, 3.63) is 94.5 Å². The monoisotopic (exact) mass is 861 g/mol. The topological polar surface area (TPSA) is 181 Å². The molecule has 330 valence electrons. The molecule has 0 saturated carbocycles. The Bertz CT molecular complexity index is 2020. The lowest BCUT2D eigenvalue weighted by Gasteiger charge is -2.32. The van der Waals surface area contributed by atoms with Gasteiger partial charge in [0.2, 0.25) is 17.7 Å². The molecule has 14 nitrogen and oxygen atoms in total. The van der Waals surface area contributed by atoms with Crippen LogP contribution in [0.15, 0.2) is 72.8 Å². The number of ether oxygens (including phenoxy) is 3. The second kappa shape index (κ2) is 22.6. The second-order valence-corrected chi connectivity index (χ2v) is 16.8. The molecular weight excluding hydrogens is 802 g/mol. The number of rotatable bonds is 17. The largest absolute Gasteiger partial charge is 0.514 e. The van der Waals surface area contributed by atoms with Crippen LogP contribution in [0, 0.1) is 0 Å².